The number of fused-ring (bicyclic) bond motifs is 1. The van der Waals surface area contributed by atoms with E-state index in [9.17, 15) is 18.0 Å². The Morgan fingerprint density at radius 3 is 2.40 bits per heavy atom. The largest absolute Gasteiger partial charge is 0.453 e. The van der Waals surface area contributed by atoms with Gasteiger partial charge in [-0.15, -0.1) is 15.3 Å². The molecule has 2 aromatic heterocycles. The SMILES string of the molecule is CC(C1CC1)N(C(=O)C1CCN(c2ccc3nnc(C(F)(F)F)n3n2)CC1)C1CC1. The van der Waals surface area contributed by atoms with Crippen LogP contribution >= 0.6 is 0 Å². The number of carbonyl (C=O) groups excluding carboxylic acids is 1. The van der Waals surface area contributed by atoms with E-state index in [2.05, 4.69) is 27.1 Å². The summed E-state index contributed by atoms with van der Waals surface area (Å²) >= 11 is 0. The third kappa shape index (κ3) is 3.60. The average Bonchev–Trinajstić information content (AvgIpc) is 3.64. The lowest BCUT2D eigenvalue weighted by molar-refractivity contribution is -0.146. The Kier molecular flexibility index (Phi) is 4.62. The van der Waals surface area contributed by atoms with E-state index in [0.717, 1.165) is 17.4 Å². The highest BCUT2D eigenvalue weighted by Gasteiger charge is 2.44. The van der Waals surface area contributed by atoms with Crippen molar-refractivity contribution < 1.29 is 18.0 Å². The third-order valence-corrected chi connectivity index (χ3v) is 6.61. The second-order valence-electron chi connectivity index (χ2n) is 8.80. The first-order valence-corrected chi connectivity index (χ1v) is 10.7. The number of hydrogen-bond acceptors (Lipinski definition) is 5. The van der Waals surface area contributed by atoms with Gasteiger partial charge in [0.15, 0.2) is 5.65 Å². The molecular weight excluding hydrogens is 397 g/mol. The zero-order valence-corrected chi connectivity index (χ0v) is 16.8. The molecule has 0 aromatic carbocycles. The molecule has 0 radical (unpaired) electrons. The van der Waals surface area contributed by atoms with E-state index in [0.29, 0.717) is 49.8 Å². The van der Waals surface area contributed by atoms with Crippen molar-refractivity contribution in [1.82, 2.24) is 24.7 Å². The molecule has 30 heavy (non-hydrogen) atoms. The van der Waals surface area contributed by atoms with Gasteiger partial charge in [-0.2, -0.15) is 17.7 Å². The van der Waals surface area contributed by atoms with Gasteiger partial charge in [0.2, 0.25) is 5.91 Å². The van der Waals surface area contributed by atoms with E-state index >= 15 is 0 Å². The highest BCUT2D eigenvalue weighted by molar-refractivity contribution is 5.80. The normalized spacial score (nSPS) is 21.8. The molecule has 2 saturated carbocycles. The van der Waals surface area contributed by atoms with Crippen LogP contribution in [0.5, 0.6) is 0 Å². The summed E-state index contributed by atoms with van der Waals surface area (Å²) in [6, 6.07) is 3.89. The highest BCUT2D eigenvalue weighted by Crippen LogP contribution is 2.41. The summed E-state index contributed by atoms with van der Waals surface area (Å²) in [5.41, 5.74) is 0.0604. The van der Waals surface area contributed by atoms with Crippen LogP contribution in [0.15, 0.2) is 12.1 Å². The van der Waals surface area contributed by atoms with Crippen molar-refractivity contribution in [3.05, 3.63) is 18.0 Å². The lowest BCUT2D eigenvalue weighted by Gasteiger charge is -2.37. The molecule has 0 spiro atoms. The zero-order chi connectivity index (χ0) is 21.0. The fraction of sp³-hybridized carbons (Fsp3) is 0.700. The summed E-state index contributed by atoms with van der Waals surface area (Å²) in [6.45, 7) is 3.36. The molecule has 5 rings (SSSR count). The fourth-order valence-corrected chi connectivity index (χ4v) is 4.56. The Morgan fingerprint density at radius 1 is 1.10 bits per heavy atom. The molecule has 0 bridgehead atoms. The van der Waals surface area contributed by atoms with E-state index in [1.54, 1.807) is 6.07 Å². The molecule has 0 N–H and O–H groups in total. The third-order valence-electron chi connectivity index (χ3n) is 6.61. The minimum absolute atomic E-state index is 0.0209. The lowest BCUT2D eigenvalue weighted by Crippen LogP contribution is -2.47. The average molecular weight is 422 g/mol. The van der Waals surface area contributed by atoms with Crippen molar-refractivity contribution in [2.45, 2.75) is 63.7 Å². The molecule has 1 saturated heterocycles. The standard InChI is InChI=1S/C20H25F3N6O/c1-12(13-2-3-13)28(15-4-5-15)18(30)14-8-10-27(11-9-14)17-7-6-16-24-25-19(20(21,22)23)29(16)26-17/h6-7,12-15H,2-5,8-11H2,1H3. The van der Waals surface area contributed by atoms with E-state index < -0.39 is 12.0 Å². The van der Waals surface area contributed by atoms with Crippen LogP contribution < -0.4 is 4.90 Å². The van der Waals surface area contributed by atoms with Gasteiger partial charge in [0.05, 0.1) is 0 Å². The predicted octanol–water partition coefficient (Wildman–Crippen LogP) is 3.15. The van der Waals surface area contributed by atoms with Crippen LogP contribution in [0.4, 0.5) is 19.0 Å². The molecule has 3 heterocycles. The molecule has 2 aromatic rings. The highest BCUT2D eigenvalue weighted by atomic mass is 19.4. The molecule has 3 fully saturated rings. The van der Waals surface area contributed by atoms with E-state index in [1.165, 1.54) is 18.9 Å². The van der Waals surface area contributed by atoms with Crippen LogP contribution in [0, 0.1) is 11.8 Å². The van der Waals surface area contributed by atoms with Gasteiger partial charge < -0.3 is 9.80 Å². The van der Waals surface area contributed by atoms with Crippen LogP contribution in [0.2, 0.25) is 0 Å². The molecule has 2 aliphatic carbocycles. The number of anilines is 1. The summed E-state index contributed by atoms with van der Waals surface area (Å²) in [5, 5.41) is 10.9. The smallest absolute Gasteiger partial charge is 0.355 e. The summed E-state index contributed by atoms with van der Waals surface area (Å²) in [7, 11) is 0. The molecule has 1 atom stereocenters. The van der Waals surface area contributed by atoms with Crippen molar-refractivity contribution in [3.8, 4) is 0 Å². The number of halogens is 3. The predicted molar refractivity (Wildman–Crippen MR) is 103 cm³/mol. The number of aromatic nitrogens is 4. The Balaban J connectivity index is 1.28. The Morgan fingerprint density at radius 2 is 1.80 bits per heavy atom. The summed E-state index contributed by atoms with van der Waals surface area (Å²) < 4.78 is 40.1. The topological polar surface area (TPSA) is 66.6 Å². The minimum atomic E-state index is -4.62. The minimum Gasteiger partial charge on any atom is -0.355 e. The second kappa shape index (κ2) is 7.09. The first-order chi connectivity index (χ1) is 14.3. The quantitative estimate of drug-likeness (QED) is 0.741. The van der Waals surface area contributed by atoms with E-state index in [4.69, 9.17) is 0 Å². The number of carbonyl (C=O) groups is 1. The molecule has 3 aliphatic rings. The maximum absolute atomic E-state index is 13.2. The second-order valence-corrected chi connectivity index (χ2v) is 8.80. The maximum Gasteiger partial charge on any atom is 0.453 e. The van der Waals surface area contributed by atoms with Gasteiger partial charge >= 0.3 is 6.18 Å². The van der Waals surface area contributed by atoms with Crippen molar-refractivity contribution in [1.29, 1.82) is 0 Å². The van der Waals surface area contributed by atoms with E-state index in [-0.39, 0.29) is 17.5 Å². The van der Waals surface area contributed by atoms with Gasteiger partial charge in [-0.25, -0.2) is 0 Å². The Hall–Kier alpha value is -2.39. The van der Waals surface area contributed by atoms with Gasteiger partial charge in [-0.1, -0.05) is 0 Å². The summed E-state index contributed by atoms with van der Waals surface area (Å²) in [4.78, 5) is 17.3. The summed E-state index contributed by atoms with van der Waals surface area (Å²) in [5.74, 6) is 0.213. The van der Waals surface area contributed by atoms with Crippen molar-refractivity contribution >= 4 is 17.4 Å². The molecule has 10 heteroatoms. The van der Waals surface area contributed by atoms with Gasteiger partial charge in [0.25, 0.3) is 5.82 Å². The Bertz CT molecular complexity index is 944. The zero-order valence-electron chi connectivity index (χ0n) is 16.8. The number of rotatable bonds is 5. The first kappa shape index (κ1) is 19.6. The number of piperidine rings is 1. The van der Waals surface area contributed by atoms with Crippen molar-refractivity contribution in [2.24, 2.45) is 11.8 Å². The molecule has 1 aliphatic heterocycles. The van der Waals surface area contributed by atoms with E-state index in [1.807, 2.05) is 4.90 Å². The van der Waals surface area contributed by atoms with Gasteiger partial charge in [-0.3, -0.25) is 4.79 Å². The van der Waals surface area contributed by atoms with Crippen LogP contribution in [0.3, 0.4) is 0 Å². The monoisotopic (exact) mass is 422 g/mol. The Labute approximate surface area is 172 Å². The van der Waals surface area contributed by atoms with Crippen LogP contribution in [-0.2, 0) is 11.0 Å². The van der Waals surface area contributed by atoms with Crippen LogP contribution in [0.25, 0.3) is 5.65 Å². The maximum atomic E-state index is 13.2. The van der Waals surface area contributed by atoms with Gasteiger partial charge in [0.1, 0.15) is 5.82 Å². The van der Waals surface area contributed by atoms with Crippen LogP contribution in [-0.4, -0.2) is 55.8 Å². The van der Waals surface area contributed by atoms with Gasteiger partial charge in [-0.05, 0) is 63.5 Å². The lowest BCUT2D eigenvalue weighted by atomic mass is 9.94. The fourth-order valence-electron chi connectivity index (χ4n) is 4.56. The van der Waals surface area contributed by atoms with Crippen molar-refractivity contribution in [3.63, 3.8) is 0 Å². The molecule has 162 valence electrons. The number of nitrogens with zero attached hydrogens (tertiary/aromatic N) is 6. The number of hydrogen-bond donors (Lipinski definition) is 0. The number of amides is 1. The number of alkyl halides is 3. The summed E-state index contributed by atoms with van der Waals surface area (Å²) in [6.07, 6.45) is 1.40. The first-order valence-electron chi connectivity index (χ1n) is 10.7. The van der Waals surface area contributed by atoms with Crippen molar-refractivity contribution in [2.75, 3.05) is 18.0 Å². The molecule has 1 unspecified atom stereocenters. The molecular formula is C20H25F3N6O. The van der Waals surface area contributed by atoms with Gasteiger partial charge in [0, 0.05) is 31.1 Å². The van der Waals surface area contributed by atoms with Crippen LogP contribution in [0.1, 0.15) is 51.3 Å². The molecule has 1 amide bonds. The molecule has 7 nitrogen and oxygen atoms in total.